The molecule has 2 heterocycles. The molecule has 1 fully saturated rings. The van der Waals surface area contributed by atoms with Crippen LogP contribution in [-0.4, -0.2) is 47.7 Å². The van der Waals surface area contributed by atoms with Crippen molar-refractivity contribution < 1.29 is 17.9 Å². The van der Waals surface area contributed by atoms with Gasteiger partial charge < -0.3 is 19.9 Å². The van der Waals surface area contributed by atoms with E-state index >= 15 is 0 Å². The van der Waals surface area contributed by atoms with Crippen LogP contribution in [0.3, 0.4) is 0 Å². The molecular weight excluding hydrogens is 536 g/mol. The lowest BCUT2D eigenvalue weighted by atomic mass is 9.86. The van der Waals surface area contributed by atoms with Gasteiger partial charge in [0.05, 0.1) is 20.9 Å². The van der Waals surface area contributed by atoms with Crippen LogP contribution in [-0.2, 0) is 14.8 Å². The fourth-order valence-corrected chi connectivity index (χ4v) is 7.23. The lowest BCUT2D eigenvalue weighted by Gasteiger charge is -2.28. The fraction of sp³-hybridized carbons (Fsp3) is 0.519. The molecule has 212 valence electrons. The summed E-state index contributed by atoms with van der Waals surface area (Å²) in [4.78, 5) is 22.0. The van der Waals surface area contributed by atoms with Crippen LogP contribution in [0.15, 0.2) is 41.7 Å². The highest BCUT2D eigenvalue weighted by Gasteiger charge is 2.27. The van der Waals surface area contributed by atoms with Gasteiger partial charge in [-0.15, -0.1) is 11.3 Å². The molecule has 1 aliphatic carbocycles. The van der Waals surface area contributed by atoms with Gasteiger partial charge in [0.25, 0.3) is 0 Å². The van der Waals surface area contributed by atoms with E-state index in [4.69, 9.17) is 4.74 Å². The van der Waals surface area contributed by atoms with Crippen molar-refractivity contribution in [1.29, 1.82) is 0 Å². The third kappa shape index (κ3) is 7.17. The second-order valence-electron chi connectivity index (χ2n) is 10.3. The molecule has 12 heteroatoms. The Kier molecular flexibility index (Phi) is 9.29. The zero-order chi connectivity index (χ0) is 28.2. The number of hydrogen-bond acceptors (Lipinski definition) is 8. The molecule has 4 rings (SSSR count). The SMILES string of the molecule is CCNS(=O)(=O)c1cc(Nc2nccn2C(C)C)ccc1-c1cnc([C@H]2CC[C@H](NC(=O)OC(C)C)CC2)s1. The van der Waals surface area contributed by atoms with Gasteiger partial charge in [-0.2, -0.15) is 0 Å². The predicted octanol–water partition coefficient (Wildman–Crippen LogP) is 5.79. The molecule has 0 bridgehead atoms. The molecule has 3 aromatic rings. The van der Waals surface area contributed by atoms with Crippen LogP contribution in [0.1, 0.15) is 77.3 Å². The monoisotopic (exact) mass is 574 g/mol. The van der Waals surface area contributed by atoms with E-state index in [1.54, 1.807) is 25.4 Å². The van der Waals surface area contributed by atoms with Crippen LogP contribution in [0.5, 0.6) is 0 Å². The summed E-state index contributed by atoms with van der Waals surface area (Å²) >= 11 is 1.53. The average Bonchev–Trinajstić information content (AvgIpc) is 3.54. The van der Waals surface area contributed by atoms with Gasteiger partial charge in [-0.25, -0.2) is 27.9 Å². The van der Waals surface area contributed by atoms with Crippen LogP contribution >= 0.6 is 11.3 Å². The number of benzene rings is 1. The number of amides is 1. The Morgan fingerprint density at radius 2 is 1.90 bits per heavy atom. The molecule has 0 spiro atoms. The summed E-state index contributed by atoms with van der Waals surface area (Å²) in [5.74, 6) is 0.916. The van der Waals surface area contributed by atoms with Crippen molar-refractivity contribution >= 4 is 39.1 Å². The zero-order valence-corrected chi connectivity index (χ0v) is 24.7. The van der Waals surface area contributed by atoms with E-state index in [0.717, 1.165) is 35.6 Å². The molecule has 1 aliphatic rings. The molecule has 0 radical (unpaired) electrons. The van der Waals surface area contributed by atoms with Gasteiger partial charge in [-0.1, -0.05) is 13.0 Å². The number of sulfonamides is 1. The minimum absolute atomic E-state index is 0.0927. The summed E-state index contributed by atoms with van der Waals surface area (Å²) in [5.41, 5.74) is 1.25. The van der Waals surface area contributed by atoms with Crippen LogP contribution in [0.25, 0.3) is 10.4 Å². The number of carbonyl (C=O) groups is 1. The van der Waals surface area contributed by atoms with Gasteiger partial charge in [-0.3, -0.25) is 0 Å². The van der Waals surface area contributed by atoms with Crippen molar-refractivity contribution in [3.63, 3.8) is 0 Å². The van der Waals surface area contributed by atoms with Gasteiger partial charge in [-0.05, 0) is 65.5 Å². The van der Waals surface area contributed by atoms with E-state index in [2.05, 4.69) is 39.2 Å². The summed E-state index contributed by atoms with van der Waals surface area (Å²) in [6, 6.07) is 5.64. The number of carbonyl (C=O) groups excluding carboxylic acids is 1. The third-order valence-corrected chi connectivity index (χ3v) is 9.40. The number of thiazole rings is 1. The minimum Gasteiger partial charge on any atom is -0.447 e. The molecule has 0 unspecified atom stereocenters. The molecule has 39 heavy (non-hydrogen) atoms. The number of anilines is 2. The van der Waals surface area contributed by atoms with Crippen molar-refractivity contribution in [2.45, 2.75) is 89.3 Å². The van der Waals surface area contributed by atoms with Crippen LogP contribution < -0.4 is 15.4 Å². The van der Waals surface area contributed by atoms with Gasteiger partial charge in [0.2, 0.25) is 16.0 Å². The van der Waals surface area contributed by atoms with Crippen LogP contribution in [0.4, 0.5) is 16.4 Å². The van der Waals surface area contributed by atoms with Gasteiger partial charge in [0.1, 0.15) is 0 Å². The summed E-state index contributed by atoms with van der Waals surface area (Å²) in [6.07, 6.45) is 8.34. The number of ether oxygens (including phenoxy) is 1. The van der Waals surface area contributed by atoms with E-state index in [1.807, 2.05) is 36.7 Å². The maximum Gasteiger partial charge on any atom is 0.407 e. The summed E-state index contributed by atoms with van der Waals surface area (Å²) in [7, 11) is -3.75. The molecule has 3 N–H and O–H groups in total. The van der Waals surface area contributed by atoms with E-state index in [0.29, 0.717) is 17.2 Å². The number of rotatable bonds is 10. The number of aromatic nitrogens is 3. The molecule has 2 aromatic heterocycles. The van der Waals surface area contributed by atoms with Crippen LogP contribution in [0, 0.1) is 0 Å². The first-order valence-electron chi connectivity index (χ1n) is 13.4. The van der Waals surface area contributed by atoms with E-state index in [1.165, 1.54) is 11.3 Å². The Morgan fingerprint density at radius 1 is 1.15 bits per heavy atom. The highest BCUT2D eigenvalue weighted by atomic mass is 32.2. The van der Waals surface area contributed by atoms with Gasteiger partial charge in [0, 0.05) is 54.4 Å². The molecule has 1 saturated carbocycles. The normalized spacial score (nSPS) is 17.9. The van der Waals surface area contributed by atoms with Crippen molar-refractivity contribution in [1.82, 2.24) is 24.6 Å². The summed E-state index contributed by atoms with van der Waals surface area (Å²) in [5, 5.41) is 7.20. The van der Waals surface area contributed by atoms with Crippen molar-refractivity contribution in [2.24, 2.45) is 0 Å². The number of nitrogens with zero attached hydrogens (tertiary/aromatic N) is 3. The molecule has 0 saturated heterocycles. The third-order valence-electron chi connectivity index (χ3n) is 6.62. The molecule has 1 aromatic carbocycles. The lowest BCUT2D eigenvalue weighted by molar-refractivity contribution is 0.109. The Hall–Kier alpha value is -2.96. The number of alkyl carbamates (subject to hydrolysis) is 1. The van der Waals surface area contributed by atoms with Crippen molar-refractivity contribution in [3.8, 4) is 10.4 Å². The fourth-order valence-electron chi connectivity index (χ4n) is 4.75. The lowest BCUT2D eigenvalue weighted by Crippen LogP contribution is -2.38. The Morgan fingerprint density at radius 3 is 2.56 bits per heavy atom. The predicted molar refractivity (Wildman–Crippen MR) is 154 cm³/mol. The Labute approximate surface area is 234 Å². The summed E-state index contributed by atoms with van der Waals surface area (Å²) in [6.45, 7) is 9.82. The Bertz CT molecular complexity index is 1370. The molecule has 0 aliphatic heterocycles. The average molecular weight is 575 g/mol. The second-order valence-corrected chi connectivity index (χ2v) is 13.1. The highest BCUT2D eigenvalue weighted by Crippen LogP contribution is 2.40. The molecule has 10 nitrogen and oxygen atoms in total. The maximum absolute atomic E-state index is 13.2. The number of hydrogen-bond donors (Lipinski definition) is 3. The number of nitrogens with one attached hydrogen (secondary N) is 3. The largest absolute Gasteiger partial charge is 0.447 e. The smallest absolute Gasteiger partial charge is 0.407 e. The first kappa shape index (κ1) is 29.0. The first-order chi connectivity index (χ1) is 18.6. The topological polar surface area (TPSA) is 127 Å². The van der Waals surface area contributed by atoms with Gasteiger partial charge in [0.15, 0.2) is 0 Å². The summed E-state index contributed by atoms with van der Waals surface area (Å²) < 4.78 is 36.3. The standard InChI is InChI=1S/C27H38N6O4S2/c1-6-30-39(35,36)24-15-21(31-26-28-13-14-33(26)17(2)3)11-12-22(24)23-16-29-25(38-23)19-7-9-20(10-8-19)32-27(34)37-18(4)5/h11-20,30H,6-10H2,1-5H3,(H,28,31)(H,32,34)/t19-,20-. The zero-order valence-electron chi connectivity index (χ0n) is 23.1. The molecular formula is C27H38N6O4S2. The van der Waals surface area contributed by atoms with E-state index < -0.39 is 10.0 Å². The quantitative estimate of drug-likeness (QED) is 0.280. The maximum atomic E-state index is 13.2. The molecule has 1 amide bonds. The van der Waals surface area contributed by atoms with E-state index in [-0.39, 0.29) is 41.6 Å². The minimum atomic E-state index is -3.75. The Balaban J connectivity index is 1.54. The van der Waals surface area contributed by atoms with E-state index in [9.17, 15) is 13.2 Å². The van der Waals surface area contributed by atoms with Crippen LogP contribution in [0.2, 0.25) is 0 Å². The highest BCUT2D eigenvalue weighted by molar-refractivity contribution is 7.89. The number of imidazole rings is 1. The van der Waals surface area contributed by atoms with Crippen molar-refractivity contribution in [2.75, 3.05) is 11.9 Å². The van der Waals surface area contributed by atoms with Gasteiger partial charge >= 0.3 is 6.09 Å². The first-order valence-corrected chi connectivity index (χ1v) is 15.7. The van der Waals surface area contributed by atoms with Crippen molar-refractivity contribution in [3.05, 3.63) is 41.8 Å². The molecule has 0 atom stereocenters. The second kappa shape index (κ2) is 12.5.